The topological polar surface area (TPSA) is 46.0 Å². The minimum absolute atomic E-state index is 0.255. The largest absolute Gasteiger partial charge is 0.508 e. The number of nitrogens with zero attached hydrogens (tertiary/aromatic N) is 2. The molecule has 0 atom stereocenters. The number of aromatic hydroxyl groups is 1. The summed E-state index contributed by atoms with van der Waals surface area (Å²) in [6, 6.07) is 7.11. The summed E-state index contributed by atoms with van der Waals surface area (Å²) >= 11 is 1.52. The minimum atomic E-state index is 0.255. The van der Waals surface area contributed by atoms with Gasteiger partial charge in [-0.15, -0.1) is 0 Å². The van der Waals surface area contributed by atoms with E-state index in [9.17, 15) is 5.11 Å². The SMILES string of the molecule is CSc1ncc(-c2cccc(O)c2)c(C)n1. The van der Waals surface area contributed by atoms with E-state index in [1.54, 1.807) is 18.3 Å². The Kier molecular flexibility index (Phi) is 3.10. The molecule has 16 heavy (non-hydrogen) atoms. The summed E-state index contributed by atoms with van der Waals surface area (Å²) in [5.41, 5.74) is 2.81. The Balaban J connectivity index is 2.48. The van der Waals surface area contributed by atoms with Crippen LogP contribution in [0.1, 0.15) is 5.69 Å². The zero-order valence-corrected chi connectivity index (χ0v) is 9.95. The number of aromatic nitrogens is 2. The van der Waals surface area contributed by atoms with Gasteiger partial charge < -0.3 is 5.11 Å². The maximum absolute atomic E-state index is 9.42. The normalized spacial score (nSPS) is 10.4. The molecule has 0 aliphatic rings. The molecule has 4 heteroatoms. The molecule has 82 valence electrons. The average molecular weight is 232 g/mol. The van der Waals surface area contributed by atoms with Gasteiger partial charge in [0.25, 0.3) is 0 Å². The van der Waals surface area contributed by atoms with Crippen LogP contribution in [0.5, 0.6) is 5.75 Å². The third kappa shape index (κ3) is 2.17. The molecule has 0 fully saturated rings. The molecule has 0 aliphatic carbocycles. The van der Waals surface area contributed by atoms with E-state index >= 15 is 0 Å². The Morgan fingerprint density at radius 3 is 2.75 bits per heavy atom. The van der Waals surface area contributed by atoms with E-state index in [1.165, 1.54) is 11.8 Å². The van der Waals surface area contributed by atoms with Crippen LogP contribution in [0.4, 0.5) is 0 Å². The molecule has 0 aliphatic heterocycles. The third-order valence-electron chi connectivity index (χ3n) is 2.30. The number of thioether (sulfide) groups is 1. The van der Waals surface area contributed by atoms with Crippen LogP contribution in [0.15, 0.2) is 35.6 Å². The fraction of sp³-hybridized carbons (Fsp3) is 0.167. The highest BCUT2D eigenvalue weighted by Gasteiger charge is 2.05. The molecule has 3 nitrogen and oxygen atoms in total. The lowest BCUT2D eigenvalue weighted by Gasteiger charge is -2.06. The molecule has 0 saturated heterocycles. The van der Waals surface area contributed by atoms with Gasteiger partial charge in [-0.05, 0) is 30.9 Å². The Bertz CT molecular complexity index is 514. The van der Waals surface area contributed by atoms with Gasteiger partial charge in [0.05, 0.1) is 0 Å². The lowest BCUT2D eigenvalue weighted by molar-refractivity contribution is 0.475. The number of hydrogen-bond donors (Lipinski definition) is 1. The van der Waals surface area contributed by atoms with Crippen LogP contribution in [0.25, 0.3) is 11.1 Å². The predicted molar refractivity (Wildman–Crippen MR) is 65.7 cm³/mol. The number of phenols is 1. The van der Waals surface area contributed by atoms with Crippen LogP contribution in [0, 0.1) is 6.92 Å². The van der Waals surface area contributed by atoms with Crippen LogP contribution >= 0.6 is 11.8 Å². The number of phenolic OH excluding ortho intramolecular Hbond substituents is 1. The molecule has 1 aromatic heterocycles. The third-order valence-corrected chi connectivity index (χ3v) is 2.86. The molecule has 0 bridgehead atoms. The van der Waals surface area contributed by atoms with Gasteiger partial charge in [0.1, 0.15) is 5.75 Å². The molecule has 0 spiro atoms. The summed E-state index contributed by atoms with van der Waals surface area (Å²) in [6.45, 7) is 1.95. The first-order chi connectivity index (χ1) is 7.70. The van der Waals surface area contributed by atoms with E-state index < -0.39 is 0 Å². The van der Waals surface area contributed by atoms with Crippen molar-refractivity contribution in [2.45, 2.75) is 12.1 Å². The van der Waals surface area contributed by atoms with Crippen LogP contribution in [0.2, 0.25) is 0 Å². The quantitative estimate of drug-likeness (QED) is 0.639. The average Bonchev–Trinajstić information content (AvgIpc) is 2.28. The Labute approximate surface area is 98.6 Å². The second-order valence-corrected chi connectivity index (χ2v) is 4.18. The van der Waals surface area contributed by atoms with Gasteiger partial charge in [-0.1, -0.05) is 23.9 Å². The lowest BCUT2D eigenvalue weighted by atomic mass is 10.1. The number of hydrogen-bond acceptors (Lipinski definition) is 4. The van der Waals surface area contributed by atoms with E-state index in [-0.39, 0.29) is 5.75 Å². The highest BCUT2D eigenvalue weighted by Crippen LogP contribution is 2.25. The Hall–Kier alpha value is -1.55. The highest BCUT2D eigenvalue weighted by molar-refractivity contribution is 7.98. The van der Waals surface area contributed by atoms with E-state index in [1.807, 2.05) is 25.3 Å². The minimum Gasteiger partial charge on any atom is -0.508 e. The standard InChI is InChI=1S/C12H12N2OS/c1-8-11(7-13-12(14-8)16-2)9-4-3-5-10(15)6-9/h3-7,15H,1-2H3. The van der Waals surface area contributed by atoms with Crippen molar-refractivity contribution in [3.05, 3.63) is 36.2 Å². The van der Waals surface area contributed by atoms with Crippen molar-refractivity contribution >= 4 is 11.8 Å². The van der Waals surface area contributed by atoms with E-state index in [2.05, 4.69) is 9.97 Å². The summed E-state index contributed by atoms with van der Waals surface area (Å²) < 4.78 is 0. The molecule has 0 saturated carbocycles. The van der Waals surface area contributed by atoms with Crippen LogP contribution in [-0.2, 0) is 0 Å². The molecular formula is C12H12N2OS. The fourth-order valence-electron chi connectivity index (χ4n) is 1.50. The zero-order chi connectivity index (χ0) is 11.5. The number of rotatable bonds is 2. The molecule has 0 amide bonds. The van der Waals surface area contributed by atoms with Crippen LogP contribution in [0.3, 0.4) is 0 Å². The predicted octanol–water partition coefficient (Wildman–Crippen LogP) is 2.88. The van der Waals surface area contributed by atoms with Crippen molar-refractivity contribution in [3.8, 4) is 16.9 Å². The highest BCUT2D eigenvalue weighted by atomic mass is 32.2. The van der Waals surface area contributed by atoms with Crippen molar-refractivity contribution < 1.29 is 5.11 Å². The van der Waals surface area contributed by atoms with Gasteiger partial charge in [0.2, 0.25) is 0 Å². The van der Waals surface area contributed by atoms with Gasteiger partial charge in [0, 0.05) is 17.5 Å². The first-order valence-corrected chi connectivity index (χ1v) is 6.10. The second-order valence-electron chi connectivity index (χ2n) is 3.41. The van der Waals surface area contributed by atoms with Crippen molar-refractivity contribution in [3.63, 3.8) is 0 Å². The van der Waals surface area contributed by atoms with E-state index in [4.69, 9.17) is 0 Å². The summed E-state index contributed by atoms with van der Waals surface area (Å²) in [4.78, 5) is 8.60. The molecule has 0 unspecified atom stereocenters. The Morgan fingerprint density at radius 2 is 2.12 bits per heavy atom. The number of aryl methyl sites for hydroxylation is 1. The maximum Gasteiger partial charge on any atom is 0.187 e. The molecule has 1 heterocycles. The van der Waals surface area contributed by atoms with Gasteiger partial charge in [-0.25, -0.2) is 9.97 Å². The van der Waals surface area contributed by atoms with Gasteiger partial charge in [-0.3, -0.25) is 0 Å². The summed E-state index contributed by atoms with van der Waals surface area (Å²) in [5, 5.41) is 10.2. The van der Waals surface area contributed by atoms with Crippen molar-refractivity contribution in [2.24, 2.45) is 0 Å². The summed E-state index contributed by atoms with van der Waals surface area (Å²) in [5.74, 6) is 0.255. The first kappa shape index (κ1) is 11.0. The van der Waals surface area contributed by atoms with Gasteiger partial charge in [-0.2, -0.15) is 0 Å². The summed E-state index contributed by atoms with van der Waals surface area (Å²) in [7, 11) is 0. The van der Waals surface area contributed by atoms with Crippen LogP contribution < -0.4 is 0 Å². The molecule has 2 aromatic rings. The van der Waals surface area contributed by atoms with Crippen molar-refractivity contribution in [1.82, 2.24) is 9.97 Å². The maximum atomic E-state index is 9.42. The molecule has 1 aromatic carbocycles. The molecule has 0 radical (unpaired) electrons. The van der Waals surface area contributed by atoms with E-state index in [0.717, 1.165) is 22.0 Å². The molecule has 1 N–H and O–H groups in total. The summed E-state index contributed by atoms with van der Waals surface area (Å²) in [6.07, 6.45) is 3.74. The number of benzene rings is 1. The smallest absolute Gasteiger partial charge is 0.187 e. The molecular weight excluding hydrogens is 220 g/mol. The Morgan fingerprint density at radius 1 is 1.31 bits per heavy atom. The monoisotopic (exact) mass is 232 g/mol. The van der Waals surface area contributed by atoms with Crippen LogP contribution in [-0.4, -0.2) is 21.3 Å². The van der Waals surface area contributed by atoms with Crippen molar-refractivity contribution in [1.29, 1.82) is 0 Å². The van der Waals surface area contributed by atoms with Gasteiger partial charge in [0.15, 0.2) is 5.16 Å². The molecule has 2 rings (SSSR count). The zero-order valence-electron chi connectivity index (χ0n) is 9.14. The fourth-order valence-corrected chi connectivity index (χ4v) is 1.89. The second kappa shape index (κ2) is 4.53. The van der Waals surface area contributed by atoms with Gasteiger partial charge >= 0.3 is 0 Å². The van der Waals surface area contributed by atoms with E-state index in [0.29, 0.717) is 0 Å². The lowest BCUT2D eigenvalue weighted by Crippen LogP contribution is -1.92. The van der Waals surface area contributed by atoms with Crippen molar-refractivity contribution in [2.75, 3.05) is 6.26 Å². The first-order valence-electron chi connectivity index (χ1n) is 4.88.